The molecule has 1 aromatic carbocycles. The summed E-state index contributed by atoms with van der Waals surface area (Å²) in [6.07, 6.45) is 11.4. The fraction of sp³-hybridized carbons (Fsp3) is 0.227. The minimum atomic E-state index is 0.641. The van der Waals surface area contributed by atoms with Crippen LogP contribution in [0, 0.1) is 13.1 Å². The third kappa shape index (κ3) is 2.80. The van der Waals surface area contributed by atoms with Gasteiger partial charge >= 0.3 is 0 Å². The van der Waals surface area contributed by atoms with E-state index in [0.29, 0.717) is 6.54 Å². The summed E-state index contributed by atoms with van der Waals surface area (Å²) in [5.41, 5.74) is 13.1. The summed E-state index contributed by atoms with van der Waals surface area (Å²) in [6, 6.07) is 8.13. The molecular weight excluding hydrogens is 338 g/mol. The van der Waals surface area contributed by atoms with Crippen LogP contribution < -0.4 is 19.6 Å². The number of fused-ring (bicyclic) bond motifs is 3. The van der Waals surface area contributed by atoms with Crippen LogP contribution in [-0.4, -0.2) is 25.3 Å². The molecule has 0 saturated carbocycles. The molecule has 0 spiro atoms. The number of ether oxygens (including phenoxy) is 2. The summed E-state index contributed by atoms with van der Waals surface area (Å²) in [5.74, 6) is 1.45. The number of aromatic nitrogens is 2. The molecule has 0 unspecified atom stereocenters. The molecule has 2 N–H and O–H groups in total. The van der Waals surface area contributed by atoms with Crippen molar-refractivity contribution >= 4 is 23.7 Å². The lowest BCUT2D eigenvalue weighted by atomic mass is 10.1. The lowest BCUT2D eigenvalue weighted by Gasteiger charge is -2.07. The molecule has 1 aliphatic heterocycles. The van der Waals surface area contributed by atoms with E-state index < -0.39 is 0 Å². The lowest BCUT2D eigenvalue weighted by Crippen LogP contribution is -2.24. The van der Waals surface area contributed by atoms with Gasteiger partial charge in [-0.05, 0) is 55.3 Å². The number of hydrogen-bond acceptors (Lipinski definition) is 3. The largest absolute Gasteiger partial charge is 0.493 e. The van der Waals surface area contributed by atoms with Crippen LogP contribution in [0.25, 0.3) is 23.7 Å². The highest BCUT2D eigenvalue weighted by Crippen LogP contribution is 2.29. The van der Waals surface area contributed by atoms with Gasteiger partial charge in [-0.3, -0.25) is 0 Å². The van der Waals surface area contributed by atoms with E-state index in [0.717, 1.165) is 29.2 Å². The molecule has 0 bridgehead atoms. The Bertz CT molecular complexity index is 1120. The Hall–Kier alpha value is -3.05. The molecule has 0 radical (unpaired) electrons. The quantitative estimate of drug-likeness (QED) is 0.686. The van der Waals surface area contributed by atoms with Gasteiger partial charge in [0.25, 0.3) is 0 Å². The summed E-state index contributed by atoms with van der Waals surface area (Å²) in [6.45, 7) is 2.80. The van der Waals surface area contributed by atoms with Crippen molar-refractivity contribution in [2.24, 2.45) is 5.73 Å². The summed E-state index contributed by atoms with van der Waals surface area (Å²) >= 11 is 0. The van der Waals surface area contributed by atoms with Crippen LogP contribution in [0.1, 0.15) is 28.1 Å². The topological polar surface area (TPSA) is 54.8 Å². The monoisotopic (exact) mass is 362 g/mol. The molecule has 138 valence electrons. The second-order valence-electron chi connectivity index (χ2n) is 6.62. The molecule has 5 nitrogen and oxygen atoms in total. The normalized spacial score (nSPS) is 12.7. The predicted octanol–water partition coefficient (Wildman–Crippen LogP) is 2.98. The molecule has 3 aromatic rings. The van der Waals surface area contributed by atoms with Gasteiger partial charge in [-0.1, -0.05) is 16.5 Å². The highest BCUT2D eigenvalue weighted by molar-refractivity contribution is 5.76. The molecule has 4 rings (SSSR count). The highest BCUT2D eigenvalue weighted by atomic mass is 16.5. The van der Waals surface area contributed by atoms with Crippen LogP contribution in [0.3, 0.4) is 0 Å². The van der Waals surface area contributed by atoms with Crippen LogP contribution >= 0.6 is 0 Å². The minimum absolute atomic E-state index is 0.641. The molecule has 0 fully saturated rings. The van der Waals surface area contributed by atoms with Crippen molar-refractivity contribution in [1.82, 2.24) is 4.52 Å². The van der Waals surface area contributed by atoms with Gasteiger partial charge in [0.15, 0.2) is 11.5 Å². The van der Waals surface area contributed by atoms with Crippen molar-refractivity contribution in [2.45, 2.75) is 13.3 Å². The first-order chi connectivity index (χ1) is 13.2. The van der Waals surface area contributed by atoms with Gasteiger partial charge in [0.05, 0.1) is 19.8 Å². The fourth-order valence-electron chi connectivity index (χ4n) is 3.80. The summed E-state index contributed by atoms with van der Waals surface area (Å²) in [5, 5.41) is 0. The minimum Gasteiger partial charge on any atom is -0.493 e. The second-order valence-corrected chi connectivity index (χ2v) is 6.62. The van der Waals surface area contributed by atoms with E-state index in [1.54, 1.807) is 14.2 Å². The Labute approximate surface area is 158 Å². The standard InChI is InChI=1S/C22H24N3O2/c1-15-13-17(8-6-16-7-9-20(26-2)21(14-16)27-3)25-22(15)18(10-11-23)19-5-4-12-24(19)25/h4-9,12-14H,10-11,23H2,1-3H3/q+1/b8-6+. The van der Waals surface area contributed by atoms with E-state index >= 15 is 0 Å². The first kappa shape index (κ1) is 17.4. The maximum atomic E-state index is 5.86. The highest BCUT2D eigenvalue weighted by Gasteiger charge is 2.26. The van der Waals surface area contributed by atoms with Crippen LogP contribution in [0.2, 0.25) is 0 Å². The lowest BCUT2D eigenvalue weighted by molar-refractivity contribution is -0.583. The molecular formula is C22H24N3O2+. The van der Waals surface area contributed by atoms with Crippen molar-refractivity contribution in [3.63, 3.8) is 0 Å². The Balaban J connectivity index is 1.80. The zero-order chi connectivity index (χ0) is 19.0. The number of aryl methyl sites for hydroxylation is 1. The summed E-state index contributed by atoms with van der Waals surface area (Å²) in [7, 11) is 3.29. The molecule has 0 aliphatic carbocycles. The molecule has 3 heterocycles. The number of hydrogen-bond donors (Lipinski definition) is 1. The van der Waals surface area contributed by atoms with Gasteiger partial charge in [-0.15, -0.1) is 4.52 Å². The van der Waals surface area contributed by atoms with Gasteiger partial charge in [0.2, 0.25) is 11.9 Å². The van der Waals surface area contributed by atoms with Crippen molar-refractivity contribution in [3.8, 4) is 11.5 Å². The maximum Gasteiger partial charge on any atom is 0.242 e. The third-order valence-corrected chi connectivity index (χ3v) is 4.98. The summed E-state index contributed by atoms with van der Waals surface area (Å²) < 4.78 is 15.2. The van der Waals surface area contributed by atoms with Crippen LogP contribution in [0.15, 0.2) is 30.3 Å². The van der Waals surface area contributed by atoms with Gasteiger partial charge < -0.3 is 15.2 Å². The van der Waals surface area contributed by atoms with E-state index in [-0.39, 0.29) is 0 Å². The van der Waals surface area contributed by atoms with Gasteiger partial charge in [0, 0.05) is 12.2 Å². The van der Waals surface area contributed by atoms with E-state index in [4.69, 9.17) is 15.2 Å². The van der Waals surface area contributed by atoms with Crippen molar-refractivity contribution in [1.29, 1.82) is 0 Å². The summed E-state index contributed by atoms with van der Waals surface area (Å²) in [4.78, 5) is 0. The Morgan fingerprint density at radius 3 is 2.67 bits per heavy atom. The molecule has 2 aromatic heterocycles. The SMILES string of the molecule is COc1ccc(/C=C/c2cc(C)c3c(CCN)c4[n+](n23)=CC=C4)cc1OC. The first-order valence-corrected chi connectivity index (χ1v) is 9.05. The number of benzene rings is 1. The molecule has 5 heteroatoms. The van der Waals surface area contributed by atoms with E-state index in [9.17, 15) is 0 Å². The molecule has 27 heavy (non-hydrogen) atoms. The Morgan fingerprint density at radius 1 is 1.11 bits per heavy atom. The van der Waals surface area contributed by atoms with Crippen molar-refractivity contribution in [3.05, 3.63) is 64.6 Å². The van der Waals surface area contributed by atoms with Crippen molar-refractivity contribution in [2.75, 3.05) is 20.8 Å². The number of methoxy groups -OCH3 is 2. The van der Waals surface area contributed by atoms with Crippen LogP contribution in [0.4, 0.5) is 0 Å². The van der Waals surface area contributed by atoms with E-state index in [1.807, 2.05) is 18.2 Å². The number of nitrogens with zero attached hydrogens (tertiary/aromatic N) is 2. The molecule has 1 aliphatic rings. The molecule has 0 amide bonds. The zero-order valence-corrected chi connectivity index (χ0v) is 15.9. The van der Waals surface area contributed by atoms with E-state index in [1.165, 1.54) is 22.3 Å². The van der Waals surface area contributed by atoms with Gasteiger partial charge in [0.1, 0.15) is 11.2 Å². The van der Waals surface area contributed by atoms with Crippen molar-refractivity contribution < 1.29 is 13.8 Å². The smallest absolute Gasteiger partial charge is 0.242 e. The molecule has 0 atom stereocenters. The van der Waals surface area contributed by atoms with E-state index in [2.05, 4.69) is 52.4 Å². The van der Waals surface area contributed by atoms with Gasteiger partial charge in [-0.2, -0.15) is 0 Å². The average Bonchev–Trinajstić information content (AvgIpc) is 3.34. The maximum absolute atomic E-state index is 5.86. The van der Waals surface area contributed by atoms with Gasteiger partial charge in [-0.25, -0.2) is 0 Å². The number of allylic oxidation sites excluding steroid dienone is 1. The second kappa shape index (κ2) is 6.93. The zero-order valence-electron chi connectivity index (χ0n) is 15.9. The predicted molar refractivity (Wildman–Crippen MR) is 108 cm³/mol. The fourth-order valence-corrected chi connectivity index (χ4v) is 3.80. The van der Waals surface area contributed by atoms with Crippen LogP contribution in [0.5, 0.6) is 11.5 Å². The third-order valence-electron chi connectivity index (χ3n) is 4.98. The molecule has 0 saturated heterocycles. The Morgan fingerprint density at radius 2 is 1.93 bits per heavy atom. The average molecular weight is 362 g/mol. The Kier molecular flexibility index (Phi) is 4.46. The first-order valence-electron chi connectivity index (χ1n) is 9.05. The van der Waals surface area contributed by atoms with Crippen LogP contribution in [-0.2, 0) is 6.42 Å². The number of nitrogens with two attached hydrogens (primary N) is 1. The number of rotatable bonds is 6.